The minimum atomic E-state index is -4.44. The molecule has 25 heavy (non-hydrogen) atoms. The standard InChI is InChI=1S/C16H14F3N3O3/c17-16(18,19)10-2-1-3-11(8-10)21-13-5-4-12(9-20-13)22-14(23)6-7-15(24)25/h1-5,8-9H,6-7H2,(H,20,21)(H,22,23)(H,24,25). The van der Waals surface area contributed by atoms with Crippen LogP contribution < -0.4 is 10.6 Å². The number of nitrogens with zero attached hydrogens (tertiary/aromatic N) is 1. The number of carboxylic acids is 1. The first-order valence-corrected chi connectivity index (χ1v) is 7.16. The third-order valence-corrected chi connectivity index (χ3v) is 3.08. The number of amides is 1. The number of aliphatic carboxylic acids is 1. The van der Waals surface area contributed by atoms with Crippen molar-refractivity contribution in [1.82, 2.24) is 4.98 Å². The number of anilines is 3. The number of nitrogens with one attached hydrogen (secondary N) is 2. The summed E-state index contributed by atoms with van der Waals surface area (Å²) < 4.78 is 38.0. The van der Waals surface area contributed by atoms with Crippen LogP contribution in [0.1, 0.15) is 18.4 Å². The van der Waals surface area contributed by atoms with Gasteiger partial charge in [0.2, 0.25) is 5.91 Å². The van der Waals surface area contributed by atoms with Gasteiger partial charge in [-0.15, -0.1) is 0 Å². The molecule has 0 aliphatic rings. The Balaban J connectivity index is 1.99. The van der Waals surface area contributed by atoms with Gasteiger partial charge in [-0.05, 0) is 30.3 Å². The molecule has 1 aromatic heterocycles. The summed E-state index contributed by atoms with van der Waals surface area (Å²) in [6.07, 6.45) is -3.57. The summed E-state index contributed by atoms with van der Waals surface area (Å²) in [6.45, 7) is 0. The number of carbonyl (C=O) groups is 2. The minimum Gasteiger partial charge on any atom is -0.481 e. The summed E-state index contributed by atoms with van der Waals surface area (Å²) in [5.41, 5.74) is -0.203. The van der Waals surface area contributed by atoms with E-state index in [-0.39, 0.29) is 18.5 Å². The van der Waals surface area contributed by atoms with E-state index in [1.54, 1.807) is 0 Å². The number of rotatable bonds is 6. The maximum Gasteiger partial charge on any atom is 0.416 e. The van der Waals surface area contributed by atoms with Gasteiger partial charge < -0.3 is 15.7 Å². The number of hydrogen-bond donors (Lipinski definition) is 3. The molecule has 0 saturated heterocycles. The van der Waals surface area contributed by atoms with Crippen LogP contribution in [0.3, 0.4) is 0 Å². The molecule has 1 aromatic carbocycles. The van der Waals surface area contributed by atoms with Gasteiger partial charge in [0.25, 0.3) is 0 Å². The molecular weight excluding hydrogens is 339 g/mol. The van der Waals surface area contributed by atoms with Crippen LogP contribution in [0, 0.1) is 0 Å². The van der Waals surface area contributed by atoms with Crippen molar-refractivity contribution < 1.29 is 27.9 Å². The number of alkyl halides is 3. The Labute approximate surface area is 140 Å². The molecule has 0 fully saturated rings. The van der Waals surface area contributed by atoms with E-state index in [4.69, 9.17) is 5.11 Å². The highest BCUT2D eigenvalue weighted by molar-refractivity contribution is 5.92. The van der Waals surface area contributed by atoms with E-state index >= 15 is 0 Å². The van der Waals surface area contributed by atoms with E-state index in [9.17, 15) is 22.8 Å². The summed E-state index contributed by atoms with van der Waals surface area (Å²) in [7, 11) is 0. The Hall–Kier alpha value is -3.10. The van der Waals surface area contributed by atoms with Gasteiger partial charge in [0.05, 0.1) is 23.9 Å². The first-order valence-electron chi connectivity index (χ1n) is 7.16. The average Bonchev–Trinajstić information content (AvgIpc) is 2.54. The molecule has 0 radical (unpaired) electrons. The summed E-state index contributed by atoms with van der Waals surface area (Å²) in [4.78, 5) is 25.9. The molecule has 6 nitrogen and oxygen atoms in total. The van der Waals surface area contributed by atoms with Crippen molar-refractivity contribution in [3.05, 3.63) is 48.2 Å². The van der Waals surface area contributed by atoms with Crippen LogP contribution in [-0.2, 0) is 15.8 Å². The molecule has 2 aromatic rings. The lowest BCUT2D eigenvalue weighted by Gasteiger charge is -2.10. The maximum atomic E-state index is 12.7. The smallest absolute Gasteiger partial charge is 0.416 e. The zero-order chi connectivity index (χ0) is 18.4. The minimum absolute atomic E-state index is 0.167. The van der Waals surface area contributed by atoms with Crippen LogP contribution in [0.15, 0.2) is 42.6 Å². The summed E-state index contributed by atoms with van der Waals surface area (Å²) >= 11 is 0. The molecule has 0 atom stereocenters. The second kappa shape index (κ2) is 7.65. The van der Waals surface area contributed by atoms with Crippen molar-refractivity contribution in [2.24, 2.45) is 0 Å². The molecule has 0 saturated carbocycles. The molecule has 0 bridgehead atoms. The van der Waals surface area contributed by atoms with Gasteiger partial charge >= 0.3 is 12.1 Å². The van der Waals surface area contributed by atoms with Crippen LogP contribution in [0.5, 0.6) is 0 Å². The van der Waals surface area contributed by atoms with Crippen LogP contribution in [0.2, 0.25) is 0 Å². The van der Waals surface area contributed by atoms with Crippen LogP contribution >= 0.6 is 0 Å². The molecule has 0 spiro atoms. The molecule has 9 heteroatoms. The molecule has 0 aliphatic carbocycles. The summed E-state index contributed by atoms with van der Waals surface area (Å²) in [5, 5.41) is 13.7. The second-order valence-electron chi connectivity index (χ2n) is 5.08. The molecule has 1 amide bonds. The van der Waals surface area contributed by atoms with Crippen molar-refractivity contribution in [2.75, 3.05) is 10.6 Å². The van der Waals surface area contributed by atoms with E-state index in [1.165, 1.54) is 30.5 Å². The number of benzene rings is 1. The van der Waals surface area contributed by atoms with Crippen LogP contribution in [-0.4, -0.2) is 22.0 Å². The van der Waals surface area contributed by atoms with Crippen molar-refractivity contribution >= 4 is 29.1 Å². The first-order chi connectivity index (χ1) is 11.7. The predicted molar refractivity (Wildman–Crippen MR) is 84.5 cm³/mol. The van der Waals surface area contributed by atoms with Gasteiger partial charge in [0.1, 0.15) is 5.82 Å². The van der Waals surface area contributed by atoms with E-state index < -0.39 is 23.6 Å². The van der Waals surface area contributed by atoms with Gasteiger partial charge in [-0.2, -0.15) is 13.2 Å². The lowest BCUT2D eigenvalue weighted by atomic mass is 10.2. The zero-order valence-electron chi connectivity index (χ0n) is 12.8. The summed E-state index contributed by atoms with van der Waals surface area (Å²) in [6, 6.07) is 7.66. The quantitative estimate of drug-likeness (QED) is 0.737. The summed E-state index contributed by atoms with van der Waals surface area (Å²) in [5.74, 6) is -1.25. The highest BCUT2D eigenvalue weighted by Crippen LogP contribution is 2.31. The lowest BCUT2D eigenvalue weighted by Crippen LogP contribution is -2.13. The molecule has 1 heterocycles. The van der Waals surface area contributed by atoms with Gasteiger partial charge in [0.15, 0.2) is 0 Å². The van der Waals surface area contributed by atoms with Crippen molar-refractivity contribution in [1.29, 1.82) is 0 Å². The van der Waals surface area contributed by atoms with Gasteiger partial charge in [-0.3, -0.25) is 9.59 Å². The molecule has 0 unspecified atom stereocenters. The third kappa shape index (κ3) is 5.79. The Morgan fingerprint density at radius 2 is 1.84 bits per heavy atom. The fraction of sp³-hybridized carbons (Fsp3) is 0.188. The SMILES string of the molecule is O=C(O)CCC(=O)Nc1ccc(Nc2cccc(C(F)(F)F)c2)nc1. The first kappa shape index (κ1) is 18.2. The van der Waals surface area contributed by atoms with Gasteiger partial charge in [-0.25, -0.2) is 4.98 Å². The number of aromatic nitrogens is 1. The lowest BCUT2D eigenvalue weighted by molar-refractivity contribution is -0.138. The normalized spacial score (nSPS) is 11.0. The molecule has 132 valence electrons. The van der Waals surface area contributed by atoms with E-state index in [1.807, 2.05) is 0 Å². The van der Waals surface area contributed by atoms with E-state index in [0.717, 1.165) is 12.1 Å². The average molecular weight is 353 g/mol. The Bertz CT molecular complexity index is 761. The predicted octanol–water partition coefficient (Wildman–Crippen LogP) is 3.65. The number of carboxylic acid groups (broad SMARTS) is 1. The zero-order valence-corrected chi connectivity index (χ0v) is 12.8. The fourth-order valence-electron chi connectivity index (χ4n) is 1.91. The number of pyridine rings is 1. The van der Waals surface area contributed by atoms with Crippen molar-refractivity contribution in [3.63, 3.8) is 0 Å². The Morgan fingerprint density at radius 3 is 2.44 bits per heavy atom. The number of hydrogen-bond acceptors (Lipinski definition) is 4. The monoisotopic (exact) mass is 353 g/mol. The number of halogens is 3. The maximum absolute atomic E-state index is 12.7. The second-order valence-corrected chi connectivity index (χ2v) is 5.08. The molecule has 0 aliphatic heterocycles. The molecule has 2 rings (SSSR count). The topological polar surface area (TPSA) is 91.3 Å². The molecular formula is C16H14F3N3O3. The van der Waals surface area contributed by atoms with E-state index in [0.29, 0.717) is 11.5 Å². The van der Waals surface area contributed by atoms with Gasteiger partial charge in [0, 0.05) is 12.1 Å². The largest absolute Gasteiger partial charge is 0.481 e. The van der Waals surface area contributed by atoms with Crippen LogP contribution in [0.4, 0.5) is 30.4 Å². The third-order valence-electron chi connectivity index (χ3n) is 3.08. The fourth-order valence-corrected chi connectivity index (χ4v) is 1.91. The van der Waals surface area contributed by atoms with Crippen LogP contribution in [0.25, 0.3) is 0 Å². The number of carbonyl (C=O) groups excluding carboxylic acids is 1. The molecule has 3 N–H and O–H groups in total. The highest BCUT2D eigenvalue weighted by Gasteiger charge is 2.30. The van der Waals surface area contributed by atoms with E-state index in [2.05, 4.69) is 15.6 Å². The van der Waals surface area contributed by atoms with Gasteiger partial charge in [-0.1, -0.05) is 6.07 Å². The van der Waals surface area contributed by atoms with Crippen molar-refractivity contribution in [2.45, 2.75) is 19.0 Å². The highest BCUT2D eigenvalue weighted by atomic mass is 19.4. The Morgan fingerprint density at radius 1 is 1.08 bits per heavy atom. The Kier molecular flexibility index (Phi) is 5.58. The van der Waals surface area contributed by atoms with Crippen molar-refractivity contribution in [3.8, 4) is 0 Å².